The van der Waals surface area contributed by atoms with Crippen LogP contribution in [0.1, 0.15) is 19.7 Å². The summed E-state index contributed by atoms with van der Waals surface area (Å²) in [7, 11) is 0. The highest BCUT2D eigenvalue weighted by Crippen LogP contribution is 2.20. The molecule has 0 unspecified atom stereocenters. The van der Waals surface area contributed by atoms with Crippen LogP contribution in [0.4, 0.5) is 10.5 Å². The molecule has 1 heterocycles. The van der Waals surface area contributed by atoms with Crippen LogP contribution in [0.25, 0.3) is 11.5 Å². The quantitative estimate of drug-likeness (QED) is 0.799. The fourth-order valence-corrected chi connectivity index (χ4v) is 1.62. The minimum Gasteiger partial charge on any atom is -0.421 e. The monoisotopic (exact) mass is 290 g/mol. The fourth-order valence-electron chi connectivity index (χ4n) is 1.62. The van der Waals surface area contributed by atoms with E-state index < -0.39 is 5.54 Å². The van der Waals surface area contributed by atoms with Crippen molar-refractivity contribution in [2.45, 2.75) is 26.3 Å². The number of urea groups is 1. The number of aliphatic hydroxyl groups is 1. The molecule has 0 spiro atoms. The standard InChI is InChI=1S/C14H18N4O3/c1-9-17-18-12(21-9)10-4-6-11(7-5-10)15-13(20)16-14(2,3)8-19/h4-7,19H,8H2,1-3H3,(H2,15,16,20). The normalized spacial score (nSPS) is 11.2. The number of carbonyl (C=O) groups excluding carboxylic acids is 1. The molecule has 21 heavy (non-hydrogen) atoms. The Morgan fingerprint density at radius 1 is 1.29 bits per heavy atom. The van der Waals surface area contributed by atoms with Crippen molar-refractivity contribution in [3.63, 3.8) is 0 Å². The number of benzene rings is 1. The Hall–Kier alpha value is -2.41. The number of amides is 2. The van der Waals surface area contributed by atoms with Crippen molar-refractivity contribution in [1.82, 2.24) is 15.5 Å². The average Bonchev–Trinajstić information content (AvgIpc) is 2.85. The van der Waals surface area contributed by atoms with E-state index in [0.29, 0.717) is 17.5 Å². The largest absolute Gasteiger partial charge is 0.421 e. The van der Waals surface area contributed by atoms with E-state index in [1.165, 1.54) is 0 Å². The van der Waals surface area contributed by atoms with Crippen LogP contribution in [0.15, 0.2) is 28.7 Å². The number of hydrogen-bond donors (Lipinski definition) is 3. The van der Waals surface area contributed by atoms with Crippen molar-refractivity contribution in [1.29, 1.82) is 0 Å². The van der Waals surface area contributed by atoms with Gasteiger partial charge >= 0.3 is 6.03 Å². The Morgan fingerprint density at radius 3 is 2.48 bits per heavy atom. The van der Waals surface area contributed by atoms with Crippen molar-refractivity contribution in [2.24, 2.45) is 0 Å². The third-order valence-electron chi connectivity index (χ3n) is 2.76. The Kier molecular flexibility index (Phi) is 4.23. The van der Waals surface area contributed by atoms with Gasteiger partial charge in [0.25, 0.3) is 0 Å². The first-order valence-electron chi connectivity index (χ1n) is 6.50. The van der Waals surface area contributed by atoms with E-state index in [0.717, 1.165) is 5.56 Å². The topological polar surface area (TPSA) is 100 Å². The molecule has 1 aromatic heterocycles. The number of anilines is 1. The van der Waals surface area contributed by atoms with Crippen LogP contribution >= 0.6 is 0 Å². The van der Waals surface area contributed by atoms with Crippen molar-refractivity contribution in [3.8, 4) is 11.5 Å². The highest BCUT2D eigenvalue weighted by atomic mass is 16.4. The van der Waals surface area contributed by atoms with Gasteiger partial charge in [-0.1, -0.05) is 0 Å². The van der Waals surface area contributed by atoms with Crippen molar-refractivity contribution < 1.29 is 14.3 Å². The van der Waals surface area contributed by atoms with Gasteiger partial charge in [-0.3, -0.25) is 0 Å². The number of aryl methyl sites for hydroxylation is 1. The molecule has 112 valence electrons. The van der Waals surface area contributed by atoms with Crippen molar-refractivity contribution in [3.05, 3.63) is 30.2 Å². The predicted molar refractivity (Wildman–Crippen MR) is 77.8 cm³/mol. The second-order valence-electron chi connectivity index (χ2n) is 5.32. The molecule has 0 bridgehead atoms. The maximum Gasteiger partial charge on any atom is 0.319 e. The van der Waals surface area contributed by atoms with Gasteiger partial charge < -0.3 is 20.2 Å². The van der Waals surface area contributed by atoms with Gasteiger partial charge in [-0.2, -0.15) is 0 Å². The van der Waals surface area contributed by atoms with Gasteiger partial charge in [0, 0.05) is 18.2 Å². The summed E-state index contributed by atoms with van der Waals surface area (Å²) in [6.45, 7) is 5.04. The number of nitrogens with one attached hydrogen (secondary N) is 2. The van der Waals surface area contributed by atoms with Gasteiger partial charge in [-0.05, 0) is 38.1 Å². The molecule has 2 amide bonds. The van der Waals surface area contributed by atoms with Crippen LogP contribution in [0, 0.1) is 6.92 Å². The Balaban J connectivity index is 2.01. The number of nitrogens with zero attached hydrogens (tertiary/aromatic N) is 2. The lowest BCUT2D eigenvalue weighted by Gasteiger charge is -2.23. The SMILES string of the molecule is Cc1nnc(-c2ccc(NC(=O)NC(C)(C)CO)cc2)o1. The zero-order valence-electron chi connectivity index (χ0n) is 12.2. The summed E-state index contributed by atoms with van der Waals surface area (Å²) in [6.07, 6.45) is 0. The molecule has 2 aromatic rings. The van der Waals surface area contributed by atoms with Crippen molar-refractivity contribution in [2.75, 3.05) is 11.9 Å². The lowest BCUT2D eigenvalue weighted by atomic mass is 10.1. The summed E-state index contributed by atoms with van der Waals surface area (Å²) >= 11 is 0. The molecule has 0 saturated heterocycles. The lowest BCUT2D eigenvalue weighted by molar-refractivity contribution is 0.187. The maximum absolute atomic E-state index is 11.8. The molecule has 0 radical (unpaired) electrons. The highest BCUT2D eigenvalue weighted by Gasteiger charge is 2.18. The minimum atomic E-state index is -0.675. The molecule has 2 rings (SSSR count). The first-order valence-corrected chi connectivity index (χ1v) is 6.50. The molecule has 1 aromatic carbocycles. The summed E-state index contributed by atoms with van der Waals surface area (Å²) in [5.41, 5.74) is 0.726. The predicted octanol–water partition coefficient (Wildman–Crippen LogP) is 1.94. The summed E-state index contributed by atoms with van der Waals surface area (Å²) in [5, 5.41) is 22.1. The molecule has 7 heteroatoms. The molecule has 0 fully saturated rings. The fraction of sp³-hybridized carbons (Fsp3) is 0.357. The molecule has 7 nitrogen and oxygen atoms in total. The van der Waals surface area contributed by atoms with E-state index in [-0.39, 0.29) is 12.6 Å². The minimum absolute atomic E-state index is 0.143. The highest BCUT2D eigenvalue weighted by molar-refractivity contribution is 5.89. The van der Waals surface area contributed by atoms with Crippen molar-refractivity contribution >= 4 is 11.7 Å². The zero-order chi connectivity index (χ0) is 15.5. The van der Waals surface area contributed by atoms with Crippen LogP contribution in [-0.4, -0.2) is 33.5 Å². The maximum atomic E-state index is 11.8. The molecule has 3 N–H and O–H groups in total. The smallest absolute Gasteiger partial charge is 0.319 e. The number of aromatic nitrogens is 2. The average molecular weight is 290 g/mol. The molecule has 0 aliphatic carbocycles. The summed E-state index contributed by atoms with van der Waals surface area (Å²) in [6, 6.07) is 6.65. The summed E-state index contributed by atoms with van der Waals surface area (Å²) in [5.74, 6) is 0.933. The van der Waals surface area contributed by atoms with Crippen LogP contribution < -0.4 is 10.6 Å². The van der Waals surface area contributed by atoms with E-state index in [2.05, 4.69) is 20.8 Å². The number of rotatable bonds is 4. The van der Waals surface area contributed by atoms with E-state index in [4.69, 9.17) is 9.52 Å². The lowest BCUT2D eigenvalue weighted by Crippen LogP contribution is -2.48. The molecule has 0 atom stereocenters. The van der Waals surface area contributed by atoms with Gasteiger partial charge in [0.05, 0.1) is 12.1 Å². The molecule has 0 saturated carbocycles. The summed E-state index contributed by atoms with van der Waals surface area (Å²) < 4.78 is 5.32. The first-order chi connectivity index (χ1) is 9.89. The van der Waals surface area contributed by atoms with E-state index >= 15 is 0 Å². The van der Waals surface area contributed by atoms with Crippen LogP contribution in [-0.2, 0) is 0 Å². The van der Waals surface area contributed by atoms with Crippen LogP contribution in [0.5, 0.6) is 0 Å². The zero-order valence-corrected chi connectivity index (χ0v) is 12.2. The van der Waals surface area contributed by atoms with E-state index in [1.54, 1.807) is 45.0 Å². The van der Waals surface area contributed by atoms with Gasteiger partial charge in [-0.15, -0.1) is 10.2 Å². The molecular weight excluding hydrogens is 272 g/mol. The van der Waals surface area contributed by atoms with Gasteiger partial charge in [0.1, 0.15) is 0 Å². The molecule has 0 aliphatic rings. The third kappa shape index (κ3) is 4.03. The van der Waals surface area contributed by atoms with Crippen LogP contribution in [0.2, 0.25) is 0 Å². The second-order valence-corrected chi connectivity index (χ2v) is 5.32. The second kappa shape index (κ2) is 5.92. The number of aliphatic hydroxyl groups excluding tert-OH is 1. The molecular formula is C14H18N4O3. The Morgan fingerprint density at radius 2 is 1.95 bits per heavy atom. The third-order valence-corrected chi connectivity index (χ3v) is 2.76. The van der Waals surface area contributed by atoms with Crippen LogP contribution in [0.3, 0.4) is 0 Å². The molecule has 0 aliphatic heterocycles. The Bertz CT molecular complexity index is 619. The number of hydrogen-bond acceptors (Lipinski definition) is 5. The first kappa shape index (κ1) is 15.0. The van der Waals surface area contributed by atoms with Gasteiger partial charge in [0.2, 0.25) is 11.8 Å². The Labute approximate surface area is 122 Å². The van der Waals surface area contributed by atoms with E-state index in [9.17, 15) is 4.79 Å². The summed E-state index contributed by atoms with van der Waals surface area (Å²) in [4.78, 5) is 11.8. The van der Waals surface area contributed by atoms with E-state index in [1.807, 2.05) is 0 Å². The van der Waals surface area contributed by atoms with Gasteiger partial charge in [0.15, 0.2) is 0 Å². The number of carbonyl (C=O) groups is 1. The van der Waals surface area contributed by atoms with Gasteiger partial charge in [-0.25, -0.2) is 4.79 Å².